The fourth-order valence-electron chi connectivity index (χ4n) is 1.95. The van der Waals surface area contributed by atoms with Crippen LogP contribution in [-0.2, 0) is 11.2 Å². The number of alkyl halides is 3. The summed E-state index contributed by atoms with van der Waals surface area (Å²) in [6.45, 7) is 0. The smallest absolute Gasteiger partial charge is 0.404 e. The van der Waals surface area contributed by atoms with Crippen LogP contribution in [0.4, 0.5) is 27.6 Å². The van der Waals surface area contributed by atoms with E-state index >= 15 is 0 Å². The highest BCUT2D eigenvalue weighted by atomic mass is 19.4. The van der Waals surface area contributed by atoms with Crippen LogP contribution in [0, 0.1) is 11.6 Å². The topological polar surface area (TPSA) is 38.3 Å². The predicted octanol–water partition coefficient (Wildman–Crippen LogP) is 4.43. The van der Waals surface area contributed by atoms with E-state index in [1.807, 2.05) is 0 Å². The van der Waals surface area contributed by atoms with Crippen molar-refractivity contribution in [1.82, 2.24) is 0 Å². The molecule has 24 heavy (non-hydrogen) atoms. The van der Waals surface area contributed by atoms with E-state index < -0.39 is 29.7 Å². The van der Waals surface area contributed by atoms with Crippen molar-refractivity contribution in [3.8, 4) is 5.75 Å². The molecule has 8 heteroatoms. The second kappa shape index (κ2) is 7.29. The van der Waals surface area contributed by atoms with Crippen molar-refractivity contribution in [2.75, 3.05) is 5.32 Å². The van der Waals surface area contributed by atoms with Gasteiger partial charge in [0.05, 0.1) is 5.69 Å². The SMILES string of the molecule is O=C(CCc1ccc(F)c(F)c1)Nc1ccccc1OC(F)(F)F. The van der Waals surface area contributed by atoms with Crippen LogP contribution in [0.25, 0.3) is 0 Å². The minimum absolute atomic E-state index is 0.103. The van der Waals surface area contributed by atoms with Crippen LogP contribution in [-0.4, -0.2) is 12.3 Å². The third kappa shape index (κ3) is 5.22. The van der Waals surface area contributed by atoms with Gasteiger partial charge in [0, 0.05) is 6.42 Å². The largest absolute Gasteiger partial charge is 0.573 e. The van der Waals surface area contributed by atoms with E-state index in [-0.39, 0.29) is 18.5 Å². The predicted molar refractivity (Wildman–Crippen MR) is 76.4 cm³/mol. The van der Waals surface area contributed by atoms with Crippen molar-refractivity contribution in [1.29, 1.82) is 0 Å². The van der Waals surface area contributed by atoms with E-state index in [9.17, 15) is 26.7 Å². The molecule has 2 aromatic rings. The van der Waals surface area contributed by atoms with Crippen LogP contribution >= 0.6 is 0 Å². The molecule has 0 fully saturated rings. The summed E-state index contributed by atoms with van der Waals surface area (Å²) < 4.78 is 66.6. The fraction of sp³-hybridized carbons (Fsp3) is 0.188. The van der Waals surface area contributed by atoms with Crippen molar-refractivity contribution in [3.05, 3.63) is 59.7 Å². The van der Waals surface area contributed by atoms with E-state index in [2.05, 4.69) is 10.1 Å². The molecule has 0 saturated carbocycles. The minimum Gasteiger partial charge on any atom is -0.404 e. The molecule has 2 rings (SSSR count). The third-order valence-electron chi connectivity index (χ3n) is 3.01. The molecule has 128 valence electrons. The number of hydrogen-bond donors (Lipinski definition) is 1. The Bertz CT molecular complexity index is 731. The number of para-hydroxylation sites is 2. The van der Waals surface area contributed by atoms with Gasteiger partial charge < -0.3 is 10.1 Å². The molecule has 0 unspecified atom stereocenters. The lowest BCUT2D eigenvalue weighted by Crippen LogP contribution is -2.19. The Hall–Kier alpha value is -2.64. The number of aryl methyl sites for hydroxylation is 1. The van der Waals surface area contributed by atoms with E-state index in [0.717, 1.165) is 18.2 Å². The molecule has 0 aliphatic carbocycles. The molecule has 2 aromatic carbocycles. The number of amides is 1. The summed E-state index contributed by atoms with van der Waals surface area (Å²) in [5.41, 5.74) is 0.258. The first-order valence-corrected chi connectivity index (χ1v) is 6.83. The van der Waals surface area contributed by atoms with Crippen molar-refractivity contribution in [3.63, 3.8) is 0 Å². The minimum atomic E-state index is -4.88. The molecule has 0 aromatic heterocycles. The maximum Gasteiger partial charge on any atom is 0.573 e. The summed E-state index contributed by atoms with van der Waals surface area (Å²) in [4.78, 5) is 11.8. The van der Waals surface area contributed by atoms with Gasteiger partial charge in [-0.05, 0) is 36.2 Å². The van der Waals surface area contributed by atoms with E-state index in [0.29, 0.717) is 5.56 Å². The van der Waals surface area contributed by atoms with Gasteiger partial charge in [-0.25, -0.2) is 8.78 Å². The fourth-order valence-corrected chi connectivity index (χ4v) is 1.95. The molecule has 0 aliphatic heterocycles. The number of carbonyl (C=O) groups excluding carboxylic acids is 1. The highest BCUT2D eigenvalue weighted by Crippen LogP contribution is 2.30. The summed E-state index contributed by atoms with van der Waals surface area (Å²) in [6.07, 6.45) is -4.90. The number of rotatable bonds is 5. The zero-order valence-electron chi connectivity index (χ0n) is 12.2. The average Bonchev–Trinajstić information content (AvgIpc) is 2.49. The van der Waals surface area contributed by atoms with Gasteiger partial charge in [-0.2, -0.15) is 0 Å². The standard InChI is InChI=1S/C16H12F5NO2/c17-11-7-5-10(9-12(11)18)6-8-15(23)22-13-3-1-2-4-14(13)24-16(19,20)21/h1-5,7,9H,6,8H2,(H,22,23). The number of benzene rings is 2. The number of hydrogen-bond acceptors (Lipinski definition) is 2. The Morgan fingerprint density at radius 2 is 1.75 bits per heavy atom. The molecule has 1 N–H and O–H groups in total. The Kier molecular flexibility index (Phi) is 5.38. The van der Waals surface area contributed by atoms with Crippen molar-refractivity contribution >= 4 is 11.6 Å². The van der Waals surface area contributed by atoms with Crippen LogP contribution in [0.1, 0.15) is 12.0 Å². The molecule has 0 radical (unpaired) electrons. The molecule has 0 saturated heterocycles. The average molecular weight is 345 g/mol. The van der Waals surface area contributed by atoms with Crippen LogP contribution in [0.3, 0.4) is 0 Å². The van der Waals surface area contributed by atoms with Gasteiger partial charge in [0.25, 0.3) is 0 Å². The number of nitrogens with one attached hydrogen (secondary N) is 1. The summed E-state index contributed by atoms with van der Waals surface area (Å²) in [5, 5.41) is 2.30. The molecule has 0 aliphatic rings. The third-order valence-corrected chi connectivity index (χ3v) is 3.01. The van der Waals surface area contributed by atoms with Gasteiger partial charge in [0.15, 0.2) is 17.4 Å². The lowest BCUT2D eigenvalue weighted by Gasteiger charge is -2.13. The van der Waals surface area contributed by atoms with Gasteiger partial charge in [-0.3, -0.25) is 4.79 Å². The number of anilines is 1. The zero-order chi connectivity index (χ0) is 17.7. The molecular weight excluding hydrogens is 333 g/mol. The highest BCUT2D eigenvalue weighted by molar-refractivity contribution is 5.92. The van der Waals surface area contributed by atoms with Gasteiger partial charge in [0.1, 0.15) is 0 Å². The molecule has 0 bridgehead atoms. The molecule has 0 spiro atoms. The highest BCUT2D eigenvalue weighted by Gasteiger charge is 2.32. The Morgan fingerprint density at radius 1 is 1.04 bits per heavy atom. The lowest BCUT2D eigenvalue weighted by molar-refractivity contribution is -0.274. The summed E-state index contributed by atoms with van der Waals surface area (Å²) in [6, 6.07) is 8.33. The van der Waals surface area contributed by atoms with Crippen LogP contribution < -0.4 is 10.1 Å². The second-order valence-electron chi connectivity index (χ2n) is 4.84. The molecule has 1 amide bonds. The van der Waals surface area contributed by atoms with Gasteiger partial charge >= 0.3 is 6.36 Å². The maximum atomic E-state index is 13.1. The van der Waals surface area contributed by atoms with Gasteiger partial charge in [-0.1, -0.05) is 18.2 Å². The first-order chi connectivity index (χ1) is 11.2. The van der Waals surface area contributed by atoms with E-state index in [1.165, 1.54) is 24.3 Å². The maximum absolute atomic E-state index is 13.1. The van der Waals surface area contributed by atoms with Crippen LogP contribution in [0.2, 0.25) is 0 Å². The Labute approximate surface area is 134 Å². The molecule has 0 heterocycles. The van der Waals surface area contributed by atoms with Crippen LogP contribution in [0.5, 0.6) is 5.75 Å². The van der Waals surface area contributed by atoms with Crippen molar-refractivity contribution in [2.45, 2.75) is 19.2 Å². The molecule has 0 atom stereocenters. The molecular formula is C16H12F5NO2. The summed E-state index contributed by atoms with van der Waals surface area (Å²) in [7, 11) is 0. The van der Waals surface area contributed by atoms with Gasteiger partial charge in [0.2, 0.25) is 5.91 Å². The lowest BCUT2D eigenvalue weighted by atomic mass is 10.1. The zero-order valence-corrected chi connectivity index (χ0v) is 12.2. The first-order valence-electron chi connectivity index (χ1n) is 6.83. The second-order valence-corrected chi connectivity index (χ2v) is 4.84. The van der Waals surface area contributed by atoms with E-state index in [4.69, 9.17) is 0 Å². The Balaban J connectivity index is 1.98. The number of carbonyl (C=O) groups is 1. The monoisotopic (exact) mass is 345 g/mol. The molecule has 3 nitrogen and oxygen atoms in total. The summed E-state index contributed by atoms with van der Waals surface area (Å²) in [5.74, 6) is -3.15. The van der Waals surface area contributed by atoms with Crippen LogP contribution in [0.15, 0.2) is 42.5 Å². The first kappa shape index (κ1) is 17.7. The quantitative estimate of drug-likeness (QED) is 0.814. The summed E-state index contributed by atoms with van der Waals surface area (Å²) >= 11 is 0. The van der Waals surface area contributed by atoms with E-state index in [1.54, 1.807) is 0 Å². The van der Waals surface area contributed by atoms with Crippen molar-refractivity contribution in [2.24, 2.45) is 0 Å². The normalized spacial score (nSPS) is 11.2. The van der Waals surface area contributed by atoms with Crippen molar-refractivity contribution < 1.29 is 31.5 Å². The Morgan fingerprint density at radius 3 is 2.42 bits per heavy atom. The number of ether oxygens (including phenoxy) is 1. The van der Waals surface area contributed by atoms with Gasteiger partial charge in [-0.15, -0.1) is 13.2 Å². The number of halogens is 5.